The number of ether oxygens (including phenoxy) is 1. The summed E-state index contributed by atoms with van der Waals surface area (Å²) in [5, 5.41) is 0.652. The van der Waals surface area contributed by atoms with Crippen molar-refractivity contribution in [1.29, 1.82) is 0 Å². The first kappa shape index (κ1) is 13.1. The molecule has 2 rings (SSSR count). The van der Waals surface area contributed by atoms with E-state index in [4.69, 9.17) is 16.3 Å². The number of aromatic nitrogens is 1. The van der Waals surface area contributed by atoms with Gasteiger partial charge in [0.25, 0.3) is 0 Å². The van der Waals surface area contributed by atoms with Crippen molar-refractivity contribution in [3.05, 3.63) is 21.8 Å². The number of hydrogen-bond acceptors (Lipinski definition) is 3. The number of halogens is 2. The van der Waals surface area contributed by atoms with Gasteiger partial charge in [0, 0.05) is 25.9 Å². The first-order valence-electron chi connectivity index (χ1n) is 5.88. The van der Waals surface area contributed by atoms with Gasteiger partial charge < -0.3 is 9.64 Å². The molecule has 0 bridgehead atoms. The summed E-state index contributed by atoms with van der Waals surface area (Å²) in [6.07, 6.45) is 4.28. The van der Waals surface area contributed by atoms with Crippen molar-refractivity contribution in [2.75, 3.05) is 24.6 Å². The van der Waals surface area contributed by atoms with Crippen LogP contribution in [0.1, 0.15) is 19.8 Å². The fourth-order valence-corrected chi connectivity index (χ4v) is 3.03. The number of pyridine rings is 1. The van der Waals surface area contributed by atoms with Crippen LogP contribution in [-0.4, -0.2) is 30.8 Å². The zero-order valence-corrected chi connectivity index (χ0v) is 12.2. The van der Waals surface area contributed by atoms with Crippen LogP contribution < -0.4 is 4.90 Å². The van der Waals surface area contributed by atoms with Crippen LogP contribution in [0.2, 0.25) is 5.02 Å². The van der Waals surface area contributed by atoms with Gasteiger partial charge in [-0.3, -0.25) is 0 Å². The molecular weight excluding hydrogens is 304 g/mol. The minimum atomic E-state index is 0.318. The topological polar surface area (TPSA) is 25.4 Å². The molecule has 5 heteroatoms. The maximum absolute atomic E-state index is 5.90. The molecule has 0 amide bonds. The van der Waals surface area contributed by atoms with E-state index in [1.807, 2.05) is 13.0 Å². The molecule has 1 saturated heterocycles. The van der Waals surface area contributed by atoms with Crippen molar-refractivity contribution >= 4 is 33.3 Å². The number of rotatable bonds is 3. The van der Waals surface area contributed by atoms with Crippen molar-refractivity contribution < 1.29 is 4.74 Å². The summed E-state index contributed by atoms with van der Waals surface area (Å²) in [6.45, 7) is 4.74. The van der Waals surface area contributed by atoms with Crippen LogP contribution in [0.5, 0.6) is 0 Å². The molecule has 0 aromatic carbocycles. The predicted molar refractivity (Wildman–Crippen MR) is 73.8 cm³/mol. The number of hydrogen-bond donors (Lipinski definition) is 0. The van der Waals surface area contributed by atoms with Crippen LogP contribution in [0.15, 0.2) is 16.7 Å². The quantitative estimate of drug-likeness (QED) is 0.852. The zero-order valence-electron chi connectivity index (χ0n) is 9.83. The van der Waals surface area contributed by atoms with Crippen LogP contribution in [0.25, 0.3) is 0 Å². The Kier molecular flexibility index (Phi) is 4.65. The maximum Gasteiger partial charge on any atom is 0.143 e. The smallest absolute Gasteiger partial charge is 0.143 e. The van der Waals surface area contributed by atoms with Gasteiger partial charge in [0.15, 0.2) is 0 Å². The molecule has 1 aromatic rings. The molecular formula is C12H16BrClN2O. The molecule has 94 valence electrons. The monoisotopic (exact) mass is 318 g/mol. The van der Waals surface area contributed by atoms with Crippen LogP contribution in [0.3, 0.4) is 0 Å². The average molecular weight is 320 g/mol. The Balaban J connectivity index is 2.10. The van der Waals surface area contributed by atoms with Crippen LogP contribution in [0.4, 0.5) is 5.82 Å². The third-order valence-corrected chi connectivity index (χ3v) is 3.66. The van der Waals surface area contributed by atoms with E-state index in [1.165, 1.54) is 0 Å². The molecule has 1 aromatic heterocycles. The molecule has 0 saturated carbocycles. The van der Waals surface area contributed by atoms with E-state index in [1.54, 1.807) is 6.20 Å². The Labute approximate surface area is 115 Å². The molecule has 0 aliphatic carbocycles. The van der Waals surface area contributed by atoms with Crippen molar-refractivity contribution in [2.45, 2.75) is 25.9 Å². The summed E-state index contributed by atoms with van der Waals surface area (Å²) in [5.41, 5.74) is 0. The summed E-state index contributed by atoms with van der Waals surface area (Å²) in [7, 11) is 0. The Morgan fingerprint density at radius 2 is 2.47 bits per heavy atom. The highest BCUT2D eigenvalue weighted by molar-refractivity contribution is 9.10. The first-order valence-corrected chi connectivity index (χ1v) is 7.05. The molecule has 0 N–H and O–H groups in total. The normalized spacial score (nSPS) is 20.6. The van der Waals surface area contributed by atoms with Gasteiger partial charge in [0.05, 0.1) is 15.6 Å². The number of piperidine rings is 1. The molecule has 1 aliphatic heterocycles. The lowest BCUT2D eigenvalue weighted by Gasteiger charge is -2.33. The number of nitrogens with zero attached hydrogens (tertiary/aromatic N) is 2. The van der Waals surface area contributed by atoms with Gasteiger partial charge in [0.1, 0.15) is 5.82 Å². The SMILES string of the molecule is CCOC1CCCN(c2ncc(Cl)cc2Br)C1. The molecule has 1 fully saturated rings. The van der Waals surface area contributed by atoms with Gasteiger partial charge in [-0.05, 0) is 41.8 Å². The Bertz CT molecular complexity index is 387. The minimum Gasteiger partial charge on any atom is -0.377 e. The highest BCUT2D eigenvalue weighted by Crippen LogP contribution is 2.29. The van der Waals surface area contributed by atoms with Gasteiger partial charge >= 0.3 is 0 Å². The highest BCUT2D eigenvalue weighted by Gasteiger charge is 2.22. The fraction of sp³-hybridized carbons (Fsp3) is 0.583. The van der Waals surface area contributed by atoms with Crippen LogP contribution >= 0.6 is 27.5 Å². The first-order chi connectivity index (χ1) is 8.20. The van der Waals surface area contributed by atoms with Crippen molar-refractivity contribution in [3.8, 4) is 0 Å². The Hall–Kier alpha value is -0.320. The summed E-state index contributed by atoms with van der Waals surface area (Å²) in [4.78, 5) is 6.64. The van der Waals surface area contributed by atoms with Gasteiger partial charge in [-0.2, -0.15) is 0 Å². The predicted octanol–water partition coefficient (Wildman–Crippen LogP) is 3.50. The zero-order chi connectivity index (χ0) is 12.3. The van der Waals surface area contributed by atoms with Gasteiger partial charge in [0.2, 0.25) is 0 Å². The molecule has 1 aliphatic rings. The lowest BCUT2D eigenvalue weighted by molar-refractivity contribution is 0.0525. The van der Waals surface area contributed by atoms with Crippen molar-refractivity contribution in [3.63, 3.8) is 0 Å². The lowest BCUT2D eigenvalue weighted by Crippen LogP contribution is -2.40. The lowest BCUT2D eigenvalue weighted by atomic mass is 10.1. The average Bonchev–Trinajstić information content (AvgIpc) is 2.29. The second-order valence-electron chi connectivity index (χ2n) is 4.12. The second-order valence-corrected chi connectivity index (χ2v) is 5.42. The summed E-state index contributed by atoms with van der Waals surface area (Å²) in [5.74, 6) is 0.957. The van der Waals surface area contributed by atoms with E-state index in [2.05, 4.69) is 25.8 Å². The standard InChI is InChI=1S/C12H16BrClN2O/c1-2-17-10-4-3-5-16(8-10)12-11(13)6-9(14)7-15-12/h6-7,10H,2-5,8H2,1H3. The summed E-state index contributed by atoms with van der Waals surface area (Å²) < 4.78 is 6.63. The summed E-state index contributed by atoms with van der Waals surface area (Å²) >= 11 is 9.41. The minimum absolute atomic E-state index is 0.318. The third kappa shape index (κ3) is 3.33. The van der Waals surface area contributed by atoms with E-state index < -0.39 is 0 Å². The van der Waals surface area contributed by atoms with Crippen molar-refractivity contribution in [2.24, 2.45) is 0 Å². The van der Waals surface area contributed by atoms with Gasteiger partial charge in [-0.15, -0.1) is 0 Å². The van der Waals surface area contributed by atoms with E-state index in [0.717, 1.165) is 42.8 Å². The molecule has 1 atom stereocenters. The molecule has 17 heavy (non-hydrogen) atoms. The third-order valence-electron chi connectivity index (χ3n) is 2.87. The van der Waals surface area contributed by atoms with E-state index in [9.17, 15) is 0 Å². The van der Waals surface area contributed by atoms with Gasteiger partial charge in [-0.1, -0.05) is 11.6 Å². The maximum atomic E-state index is 5.90. The van der Waals surface area contributed by atoms with Crippen molar-refractivity contribution in [1.82, 2.24) is 4.98 Å². The molecule has 3 nitrogen and oxygen atoms in total. The molecule has 0 spiro atoms. The van der Waals surface area contributed by atoms with Gasteiger partial charge in [-0.25, -0.2) is 4.98 Å². The summed E-state index contributed by atoms with van der Waals surface area (Å²) in [6, 6.07) is 1.88. The number of anilines is 1. The van der Waals surface area contributed by atoms with E-state index in [-0.39, 0.29) is 0 Å². The van der Waals surface area contributed by atoms with Crippen LogP contribution in [-0.2, 0) is 4.74 Å². The molecule has 1 unspecified atom stereocenters. The van der Waals surface area contributed by atoms with E-state index >= 15 is 0 Å². The largest absolute Gasteiger partial charge is 0.377 e. The Morgan fingerprint density at radius 1 is 1.65 bits per heavy atom. The van der Waals surface area contributed by atoms with Crippen LogP contribution in [0, 0.1) is 0 Å². The molecule has 2 heterocycles. The molecule has 0 radical (unpaired) electrons. The highest BCUT2D eigenvalue weighted by atomic mass is 79.9. The second kappa shape index (κ2) is 6.03. The fourth-order valence-electron chi connectivity index (χ4n) is 2.14. The Morgan fingerprint density at radius 3 is 3.18 bits per heavy atom. The van der Waals surface area contributed by atoms with E-state index in [0.29, 0.717) is 11.1 Å².